The quantitative estimate of drug-likeness (QED) is 0.0935. The minimum Gasteiger partial charge on any atom is -0.394 e. The van der Waals surface area contributed by atoms with Crippen molar-refractivity contribution in [2.75, 3.05) is 6.61 Å². The Balaban J connectivity index is 0.000000821. The van der Waals surface area contributed by atoms with Gasteiger partial charge in [0.15, 0.2) is 11.5 Å². The molecule has 8 N–H and O–H groups in total. The van der Waals surface area contributed by atoms with Crippen molar-refractivity contribution in [3.63, 3.8) is 0 Å². The van der Waals surface area contributed by atoms with E-state index in [-0.39, 0.29) is 47.6 Å². The third-order valence-electron chi connectivity index (χ3n) is 4.57. The molecule has 0 spiro atoms. The van der Waals surface area contributed by atoms with Crippen LogP contribution in [-0.2, 0) is 11.1 Å². The van der Waals surface area contributed by atoms with Crippen LogP contribution < -0.4 is 40.8 Å². The van der Waals surface area contributed by atoms with Crippen LogP contribution in [0.3, 0.4) is 0 Å². The summed E-state index contributed by atoms with van der Waals surface area (Å²) in [7, 11) is -4.64. The van der Waals surface area contributed by atoms with Gasteiger partial charge < -0.3 is 39.7 Å². The van der Waals surface area contributed by atoms with Gasteiger partial charge in [0, 0.05) is 0 Å². The van der Waals surface area contributed by atoms with E-state index in [0.717, 1.165) is 11.1 Å². The fourth-order valence-corrected chi connectivity index (χ4v) is 2.89. The van der Waals surface area contributed by atoms with Gasteiger partial charge in [-0.25, -0.2) is 14.3 Å². The van der Waals surface area contributed by atoms with Gasteiger partial charge >= 0.3 is 43.1 Å². The molecule has 0 bridgehead atoms. The van der Waals surface area contributed by atoms with Gasteiger partial charge in [0.1, 0.15) is 18.3 Å². The largest absolute Gasteiger partial charge is 1.00 e. The molecule has 176 valence electrons. The second-order valence-corrected chi connectivity index (χ2v) is 8.04. The molecule has 0 aliphatic carbocycles. The first kappa shape index (κ1) is 29.5. The molecule has 2 aliphatic heterocycles. The van der Waals surface area contributed by atoms with Crippen molar-refractivity contribution in [1.82, 2.24) is 19.5 Å². The van der Waals surface area contributed by atoms with Crippen LogP contribution >= 0.6 is 7.82 Å². The van der Waals surface area contributed by atoms with Crippen LogP contribution in [0.25, 0.3) is 22.6 Å². The average Bonchev–Trinajstić information content (AvgIpc) is 2.67. The van der Waals surface area contributed by atoms with Gasteiger partial charge in [-0.2, -0.15) is 4.98 Å². The van der Waals surface area contributed by atoms with E-state index in [0.29, 0.717) is 11.0 Å². The second-order valence-electron chi connectivity index (χ2n) is 7.01. The number of H-pyrrole nitrogens is 1. The Labute approximate surface area is 208 Å². The zero-order valence-electron chi connectivity index (χ0n) is 17.9. The van der Waals surface area contributed by atoms with Gasteiger partial charge in [0.05, 0.1) is 24.2 Å². The van der Waals surface area contributed by atoms with Crippen molar-refractivity contribution in [2.45, 2.75) is 38.7 Å². The second kappa shape index (κ2) is 11.7. The molecule has 0 amide bonds. The van der Waals surface area contributed by atoms with Gasteiger partial charge in [-0.15, -0.1) is 0 Å². The van der Waals surface area contributed by atoms with E-state index >= 15 is 0 Å². The normalized spacial score (nSPS) is 14.2. The molecule has 1 aromatic carbocycles. The predicted molar refractivity (Wildman–Crippen MR) is 110 cm³/mol. The van der Waals surface area contributed by atoms with Crippen molar-refractivity contribution in [1.29, 1.82) is 0 Å². The molecule has 14 nitrogen and oxygen atoms in total. The van der Waals surface area contributed by atoms with Crippen molar-refractivity contribution in [3.05, 3.63) is 44.1 Å². The average molecular weight is 497 g/mol. The van der Waals surface area contributed by atoms with Crippen molar-refractivity contribution in [2.24, 2.45) is 0 Å². The molecule has 16 heteroatoms. The summed E-state index contributed by atoms with van der Waals surface area (Å²) in [5.41, 5.74) is 1.11. The summed E-state index contributed by atoms with van der Waals surface area (Å²) in [6.45, 7) is 2.73. The number of hydrogen-bond donors (Lipinski definition) is 8. The number of nitrogens with one attached hydrogen (secondary N) is 1. The Hall–Kier alpha value is -1.55. The number of benzene rings is 1. The zero-order chi connectivity index (χ0) is 24.4. The zero-order valence-corrected chi connectivity index (χ0v) is 20.8. The molecule has 3 rings (SSSR count). The maximum atomic E-state index is 12.2. The predicted octanol–water partition coefficient (Wildman–Crippen LogP) is -5.65. The van der Waals surface area contributed by atoms with Gasteiger partial charge in [-0.3, -0.25) is 9.78 Å². The number of aromatic amines is 1. The molecule has 0 radical (unpaired) electrons. The van der Waals surface area contributed by atoms with Gasteiger partial charge in [0.2, 0.25) is 0 Å². The van der Waals surface area contributed by atoms with Crippen LogP contribution in [0.15, 0.2) is 21.7 Å². The van der Waals surface area contributed by atoms with Crippen LogP contribution in [0.4, 0.5) is 0 Å². The summed E-state index contributed by atoms with van der Waals surface area (Å²) in [4.78, 5) is 55.6. The SMILES string of the molecule is Cc1cc2nc3c(=O)[nH]c(=O)nc-3n(C[C@H](O)[C@H](O)[C@H](O)CO)c2cc1C.O=P(O)(O)O.[Na+]. The number of rotatable bonds is 5. The number of nitrogens with zero attached hydrogens (tertiary/aromatic N) is 3. The summed E-state index contributed by atoms with van der Waals surface area (Å²) in [5, 5.41) is 38.8. The van der Waals surface area contributed by atoms with E-state index in [1.807, 2.05) is 13.8 Å². The molecule has 0 fully saturated rings. The van der Waals surface area contributed by atoms with Crippen molar-refractivity contribution in [3.8, 4) is 11.5 Å². The molecular formula is C17H23N4NaO10P+. The molecule has 3 atom stereocenters. The molecule has 0 saturated heterocycles. The van der Waals surface area contributed by atoms with Crippen molar-refractivity contribution < 1.29 is 69.2 Å². The third-order valence-corrected chi connectivity index (χ3v) is 4.57. The topological polar surface area (TPSA) is 239 Å². The van der Waals surface area contributed by atoms with E-state index in [1.54, 1.807) is 12.1 Å². The number of fused-ring (bicyclic) bond motifs is 2. The van der Waals surface area contributed by atoms with E-state index in [9.17, 15) is 24.9 Å². The standard InChI is InChI=1S/C17H20N4O6.Na.H3O4P/c1-7-3-9-10(4-8(7)2)21(5-11(23)14(25)12(24)6-22)15-13(18-9)16(26)20-17(27)19-15;;1-5(2,3)4/h3-4,11-12,14,22-25H,5-6H2,1-2H3,(H,20,26,27);;(H3,1,2,3,4)/q;+1;/t11-,12+,14-;;/m0../s1. The Morgan fingerprint density at radius 2 is 1.58 bits per heavy atom. The van der Waals surface area contributed by atoms with E-state index in [1.165, 1.54) is 4.57 Å². The van der Waals surface area contributed by atoms with Gasteiger partial charge in [-0.05, 0) is 37.1 Å². The third kappa shape index (κ3) is 7.73. The maximum absolute atomic E-state index is 12.2. The van der Waals surface area contributed by atoms with Gasteiger partial charge in [-0.1, -0.05) is 0 Å². The first-order valence-corrected chi connectivity index (χ1v) is 10.6. The molecular weight excluding hydrogens is 474 g/mol. The summed E-state index contributed by atoms with van der Waals surface area (Å²) in [6, 6.07) is 3.53. The summed E-state index contributed by atoms with van der Waals surface area (Å²) in [6.07, 6.45) is -4.68. The Morgan fingerprint density at radius 3 is 2.12 bits per heavy atom. The van der Waals surface area contributed by atoms with Gasteiger partial charge in [0.25, 0.3) is 5.56 Å². The van der Waals surface area contributed by atoms with Crippen LogP contribution in [0.2, 0.25) is 0 Å². The molecule has 33 heavy (non-hydrogen) atoms. The van der Waals surface area contributed by atoms with E-state index in [2.05, 4.69) is 15.0 Å². The van der Waals surface area contributed by atoms with E-state index in [4.69, 9.17) is 24.4 Å². The minimum absolute atomic E-state index is 0. The number of hydrogen-bond acceptors (Lipinski definition) is 9. The molecule has 0 unspecified atom stereocenters. The van der Waals surface area contributed by atoms with E-state index < -0.39 is 44.0 Å². The van der Waals surface area contributed by atoms with Crippen molar-refractivity contribution >= 4 is 18.9 Å². The summed E-state index contributed by atoms with van der Waals surface area (Å²) >= 11 is 0. The number of aliphatic hydroxyl groups is 4. The van der Waals surface area contributed by atoms with Crippen LogP contribution in [0.1, 0.15) is 11.1 Å². The monoisotopic (exact) mass is 497 g/mol. The first-order valence-electron chi connectivity index (χ1n) is 9.08. The van der Waals surface area contributed by atoms with Crippen LogP contribution in [0, 0.1) is 13.8 Å². The molecule has 1 aromatic rings. The number of aliphatic hydroxyl groups excluding tert-OH is 4. The Morgan fingerprint density at radius 1 is 1.03 bits per heavy atom. The van der Waals surface area contributed by atoms with Crippen LogP contribution in [0.5, 0.6) is 0 Å². The Kier molecular flexibility index (Phi) is 10.5. The summed E-state index contributed by atoms with van der Waals surface area (Å²) < 4.78 is 10.3. The summed E-state index contributed by atoms with van der Waals surface area (Å²) in [5.74, 6) is -0.0516. The van der Waals surface area contributed by atoms with Crippen LogP contribution in [-0.4, -0.2) is 79.5 Å². The number of phosphoric acid groups is 1. The first-order chi connectivity index (χ1) is 14.7. The minimum atomic E-state index is -4.64. The number of aromatic nitrogens is 4. The fraction of sp³-hybridized carbons (Fsp3) is 0.412. The Bertz CT molecular complexity index is 1230. The molecule has 0 aromatic heterocycles. The smallest absolute Gasteiger partial charge is 0.394 e. The fourth-order valence-electron chi connectivity index (χ4n) is 2.89. The molecule has 2 heterocycles. The number of aryl methyl sites for hydroxylation is 2. The molecule has 2 aliphatic rings. The maximum Gasteiger partial charge on any atom is 1.00 e. The molecule has 0 saturated carbocycles.